The van der Waals surface area contributed by atoms with Crippen LogP contribution in [0.25, 0.3) is 10.9 Å². The Labute approximate surface area is 136 Å². The lowest BCUT2D eigenvalue weighted by Crippen LogP contribution is -2.70. The topological polar surface area (TPSA) is 45.6 Å². The fourth-order valence-corrected chi connectivity index (χ4v) is 5.13. The van der Waals surface area contributed by atoms with E-state index in [1.165, 1.54) is 24.9 Å². The molecule has 4 bridgehead atoms. The number of ether oxygens (including phenoxy) is 1. The number of fused-ring (bicyclic) bond motifs is 3. The molecular formula is C19H22N2O2. The van der Waals surface area contributed by atoms with Crippen molar-refractivity contribution in [3.05, 3.63) is 36.0 Å². The summed E-state index contributed by atoms with van der Waals surface area (Å²) in [6.07, 6.45) is 5.54. The second kappa shape index (κ2) is 4.68. The quantitative estimate of drug-likeness (QED) is 0.925. The van der Waals surface area contributed by atoms with Crippen LogP contribution in [0.2, 0.25) is 0 Å². The average molecular weight is 310 g/mol. The number of benzene rings is 1. The number of morpholine rings is 1. The van der Waals surface area contributed by atoms with E-state index in [4.69, 9.17) is 4.74 Å². The van der Waals surface area contributed by atoms with Crippen molar-refractivity contribution in [2.75, 3.05) is 13.1 Å². The molecule has 5 atom stereocenters. The molecule has 5 aliphatic rings. The Morgan fingerprint density at radius 1 is 1.39 bits per heavy atom. The Hall–Kier alpha value is -1.65. The predicted molar refractivity (Wildman–Crippen MR) is 88.3 cm³/mol. The summed E-state index contributed by atoms with van der Waals surface area (Å²) in [4.78, 5) is 7.08. The Kier molecular flexibility index (Phi) is 2.80. The molecule has 23 heavy (non-hydrogen) atoms. The van der Waals surface area contributed by atoms with Crippen LogP contribution in [0.15, 0.2) is 30.5 Å². The van der Waals surface area contributed by atoms with Crippen LogP contribution in [0.4, 0.5) is 0 Å². The highest BCUT2D eigenvalue weighted by Crippen LogP contribution is 2.54. The van der Waals surface area contributed by atoms with Gasteiger partial charge in [0.1, 0.15) is 5.75 Å². The minimum atomic E-state index is 0.0179. The van der Waals surface area contributed by atoms with Gasteiger partial charge in [0, 0.05) is 24.2 Å². The molecule has 4 nitrogen and oxygen atoms in total. The molecule has 120 valence electrons. The second-order valence-corrected chi connectivity index (χ2v) is 7.32. The first-order valence-corrected chi connectivity index (χ1v) is 8.70. The Morgan fingerprint density at radius 2 is 2.30 bits per heavy atom. The highest BCUT2D eigenvalue weighted by molar-refractivity contribution is 5.83. The van der Waals surface area contributed by atoms with Crippen LogP contribution >= 0.6 is 0 Å². The summed E-state index contributed by atoms with van der Waals surface area (Å²) in [6, 6.07) is 7.96. The molecule has 0 amide bonds. The van der Waals surface area contributed by atoms with Gasteiger partial charge in [-0.25, -0.2) is 0 Å². The van der Waals surface area contributed by atoms with Gasteiger partial charge < -0.3 is 9.84 Å². The molecule has 1 aromatic carbocycles. The lowest BCUT2D eigenvalue weighted by molar-refractivity contribution is -0.274. The maximum atomic E-state index is 9.91. The van der Waals surface area contributed by atoms with Crippen LogP contribution in [0.5, 0.6) is 5.75 Å². The first-order valence-electron chi connectivity index (χ1n) is 8.70. The van der Waals surface area contributed by atoms with Gasteiger partial charge in [0.05, 0.1) is 17.2 Å². The Morgan fingerprint density at radius 3 is 3.09 bits per heavy atom. The molecule has 5 saturated heterocycles. The summed E-state index contributed by atoms with van der Waals surface area (Å²) in [5.41, 5.74) is 2.12. The summed E-state index contributed by atoms with van der Waals surface area (Å²) >= 11 is 0. The molecule has 1 N–H and O–H groups in total. The molecule has 4 unspecified atom stereocenters. The lowest BCUT2D eigenvalue weighted by Gasteiger charge is -2.64. The minimum absolute atomic E-state index is 0.0179. The van der Waals surface area contributed by atoms with Gasteiger partial charge in [0.15, 0.2) is 0 Å². The molecule has 0 saturated carbocycles. The van der Waals surface area contributed by atoms with E-state index in [1.807, 2.05) is 18.3 Å². The second-order valence-electron chi connectivity index (χ2n) is 7.32. The normalized spacial score (nSPS) is 38.3. The van der Waals surface area contributed by atoms with E-state index in [2.05, 4.69) is 22.9 Å². The highest BCUT2D eigenvalue weighted by atomic mass is 16.5. The standard InChI is InChI=1S/C19H22N2O2/c1-2-19-11-21-8-6-12(19)9-17(21)18(23-19)14-5-7-20-16-4-3-13(22)10-15(14)16/h3-5,7,10,12,17-18,22H,2,6,8-9,11H2,1H3/t12?,17?,18?,19-/m0/s1. The van der Waals surface area contributed by atoms with E-state index >= 15 is 0 Å². The van der Waals surface area contributed by atoms with Gasteiger partial charge in [-0.3, -0.25) is 9.88 Å². The SMILES string of the molecule is CC[C@]12CN3CCC1CC3C(c1ccnc3ccc(O)cc13)O2. The van der Waals surface area contributed by atoms with Gasteiger partial charge in [-0.2, -0.15) is 0 Å². The van der Waals surface area contributed by atoms with Gasteiger partial charge >= 0.3 is 0 Å². The van der Waals surface area contributed by atoms with E-state index in [1.54, 1.807) is 6.07 Å². The number of rotatable bonds is 2. The Bertz CT molecular complexity index is 777. The number of aromatic nitrogens is 1. The molecule has 6 heterocycles. The molecule has 4 heteroatoms. The summed E-state index contributed by atoms with van der Waals surface area (Å²) in [5.74, 6) is 1.00. The molecule has 5 aliphatic heterocycles. The van der Waals surface area contributed by atoms with Crippen molar-refractivity contribution in [1.82, 2.24) is 9.88 Å². The van der Waals surface area contributed by atoms with Gasteiger partial charge in [-0.05, 0) is 61.6 Å². The third-order valence-electron chi connectivity index (χ3n) is 6.35. The fourth-order valence-electron chi connectivity index (χ4n) is 5.13. The maximum Gasteiger partial charge on any atom is 0.116 e. The predicted octanol–water partition coefficient (Wildman–Crippen LogP) is 3.25. The van der Waals surface area contributed by atoms with Crippen LogP contribution in [0.1, 0.15) is 37.9 Å². The molecule has 0 aliphatic carbocycles. The average Bonchev–Trinajstić information content (AvgIpc) is 2.61. The van der Waals surface area contributed by atoms with Crippen LogP contribution in [0.3, 0.4) is 0 Å². The van der Waals surface area contributed by atoms with Crippen LogP contribution in [0, 0.1) is 5.92 Å². The van der Waals surface area contributed by atoms with Gasteiger partial charge in [-0.1, -0.05) is 6.92 Å². The smallest absolute Gasteiger partial charge is 0.116 e. The fraction of sp³-hybridized carbons (Fsp3) is 0.526. The number of pyridine rings is 1. The summed E-state index contributed by atoms with van der Waals surface area (Å²) in [5, 5.41) is 10.9. The first kappa shape index (κ1) is 13.8. The highest BCUT2D eigenvalue weighted by Gasteiger charge is 2.58. The number of phenolic OH excluding ortho intramolecular Hbond substituents is 1. The molecule has 7 rings (SSSR count). The number of aromatic hydroxyl groups is 1. The molecule has 1 aromatic heterocycles. The van der Waals surface area contributed by atoms with Crippen LogP contribution in [-0.4, -0.2) is 39.7 Å². The van der Waals surface area contributed by atoms with Gasteiger partial charge in [0.25, 0.3) is 0 Å². The number of piperidine rings is 3. The first-order chi connectivity index (χ1) is 11.2. The van der Waals surface area contributed by atoms with Gasteiger partial charge in [0.2, 0.25) is 0 Å². The molecule has 2 aromatic rings. The van der Waals surface area contributed by atoms with E-state index in [9.17, 15) is 5.11 Å². The van der Waals surface area contributed by atoms with Crippen molar-refractivity contribution in [3.63, 3.8) is 0 Å². The zero-order valence-corrected chi connectivity index (χ0v) is 13.4. The maximum absolute atomic E-state index is 9.91. The summed E-state index contributed by atoms with van der Waals surface area (Å²) in [7, 11) is 0. The van der Waals surface area contributed by atoms with Crippen LogP contribution < -0.4 is 0 Å². The molecular weight excluding hydrogens is 288 g/mol. The molecule has 0 spiro atoms. The zero-order valence-electron chi connectivity index (χ0n) is 13.4. The van der Waals surface area contributed by atoms with Crippen molar-refractivity contribution in [3.8, 4) is 5.75 Å². The Balaban J connectivity index is 1.64. The number of hydrogen-bond donors (Lipinski definition) is 1. The van der Waals surface area contributed by atoms with Crippen molar-refractivity contribution < 1.29 is 9.84 Å². The van der Waals surface area contributed by atoms with Crippen molar-refractivity contribution in [2.45, 2.75) is 43.9 Å². The monoisotopic (exact) mass is 310 g/mol. The number of hydrogen-bond acceptors (Lipinski definition) is 4. The van der Waals surface area contributed by atoms with E-state index in [0.29, 0.717) is 17.7 Å². The van der Waals surface area contributed by atoms with Crippen molar-refractivity contribution in [2.24, 2.45) is 5.92 Å². The minimum Gasteiger partial charge on any atom is -0.508 e. The number of phenols is 1. The zero-order chi connectivity index (χ0) is 15.6. The molecule has 5 fully saturated rings. The third kappa shape index (κ3) is 1.82. The third-order valence-corrected chi connectivity index (χ3v) is 6.35. The van der Waals surface area contributed by atoms with Crippen LogP contribution in [-0.2, 0) is 4.74 Å². The van der Waals surface area contributed by atoms with Crippen molar-refractivity contribution in [1.29, 1.82) is 0 Å². The van der Waals surface area contributed by atoms with Crippen molar-refractivity contribution >= 4 is 10.9 Å². The number of nitrogens with zero attached hydrogens (tertiary/aromatic N) is 2. The summed E-state index contributed by atoms with van der Waals surface area (Å²) in [6.45, 7) is 4.55. The summed E-state index contributed by atoms with van der Waals surface area (Å²) < 4.78 is 6.74. The van der Waals surface area contributed by atoms with E-state index < -0.39 is 0 Å². The van der Waals surface area contributed by atoms with E-state index in [0.717, 1.165) is 23.9 Å². The largest absolute Gasteiger partial charge is 0.508 e. The van der Waals surface area contributed by atoms with E-state index in [-0.39, 0.29) is 11.7 Å². The molecule has 0 radical (unpaired) electrons. The van der Waals surface area contributed by atoms with Gasteiger partial charge in [-0.15, -0.1) is 0 Å². The lowest BCUT2D eigenvalue weighted by atomic mass is 9.66.